The van der Waals surface area contributed by atoms with Crippen LogP contribution < -0.4 is 11.1 Å². The Hall–Kier alpha value is -2.82. The third-order valence-corrected chi connectivity index (χ3v) is 4.78. The molecule has 150 valence electrons. The molecular weight excluding hydrogens is 352 g/mol. The van der Waals surface area contributed by atoms with Crippen LogP contribution in [-0.2, 0) is 9.53 Å². The van der Waals surface area contributed by atoms with Crippen molar-refractivity contribution >= 4 is 12.0 Å². The maximum atomic E-state index is 13.3. The van der Waals surface area contributed by atoms with Crippen molar-refractivity contribution in [1.82, 2.24) is 5.32 Å². The number of carbonyl (C=O) groups excluding carboxylic acids is 2. The fraction of sp³-hybridized carbons (Fsp3) is 0.391. The molecule has 1 atom stereocenters. The van der Waals surface area contributed by atoms with Crippen molar-refractivity contribution in [3.8, 4) is 0 Å². The third-order valence-electron chi connectivity index (χ3n) is 4.78. The first-order chi connectivity index (χ1) is 13.2. The highest BCUT2D eigenvalue weighted by Crippen LogP contribution is 2.30. The van der Waals surface area contributed by atoms with Gasteiger partial charge in [0.2, 0.25) is 5.91 Å². The molecule has 2 rings (SSSR count). The van der Waals surface area contributed by atoms with Crippen LogP contribution in [0.4, 0.5) is 4.79 Å². The van der Waals surface area contributed by atoms with Crippen LogP contribution in [-0.4, -0.2) is 17.6 Å². The minimum absolute atomic E-state index is 0.169. The summed E-state index contributed by atoms with van der Waals surface area (Å²) in [5.74, 6) is -0.453. The molecule has 2 aromatic rings. The fourth-order valence-corrected chi connectivity index (χ4v) is 3.40. The second-order valence-electron chi connectivity index (χ2n) is 7.97. The van der Waals surface area contributed by atoms with Crippen molar-refractivity contribution < 1.29 is 14.3 Å². The average molecular weight is 383 g/mol. The van der Waals surface area contributed by atoms with E-state index in [4.69, 9.17) is 10.5 Å². The predicted octanol–water partition coefficient (Wildman–Crippen LogP) is 4.43. The number of benzene rings is 2. The van der Waals surface area contributed by atoms with E-state index >= 15 is 0 Å². The van der Waals surface area contributed by atoms with Crippen LogP contribution in [0.25, 0.3) is 0 Å². The van der Waals surface area contributed by atoms with Crippen molar-refractivity contribution in [2.24, 2.45) is 17.6 Å². The molecule has 0 bridgehead atoms. The van der Waals surface area contributed by atoms with Crippen LogP contribution in [0.3, 0.4) is 0 Å². The fourth-order valence-electron chi connectivity index (χ4n) is 3.40. The lowest BCUT2D eigenvalue weighted by Gasteiger charge is -2.34. The molecule has 5 nitrogen and oxygen atoms in total. The average Bonchev–Trinajstić information content (AvgIpc) is 2.64. The van der Waals surface area contributed by atoms with Gasteiger partial charge in [0.1, 0.15) is 5.60 Å². The molecule has 2 aromatic carbocycles. The van der Waals surface area contributed by atoms with E-state index in [1.54, 1.807) is 13.8 Å². The Kier molecular flexibility index (Phi) is 7.21. The number of primary amides is 1. The van der Waals surface area contributed by atoms with Crippen LogP contribution in [0.2, 0.25) is 0 Å². The van der Waals surface area contributed by atoms with Gasteiger partial charge in [0.05, 0.1) is 12.0 Å². The number of ether oxygens (including phenoxy) is 1. The summed E-state index contributed by atoms with van der Waals surface area (Å²) in [5, 5.41) is 3.16. The van der Waals surface area contributed by atoms with E-state index in [0.717, 1.165) is 11.1 Å². The molecule has 28 heavy (non-hydrogen) atoms. The Morgan fingerprint density at radius 2 is 1.43 bits per heavy atom. The normalized spacial score (nSPS) is 12.6. The number of nitrogens with one attached hydrogen (secondary N) is 1. The number of hydrogen-bond donors (Lipinski definition) is 2. The molecule has 5 heteroatoms. The van der Waals surface area contributed by atoms with Crippen molar-refractivity contribution in [2.45, 2.75) is 45.8 Å². The number of amides is 2. The molecule has 1 unspecified atom stereocenters. The molecule has 0 saturated heterocycles. The summed E-state index contributed by atoms with van der Waals surface area (Å²) in [6, 6.07) is 19.3. The molecule has 0 aromatic heterocycles. The van der Waals surface area contributed by atoms with E-state index in [1.165, 1.54) is 0 Å². The highest BCUT2D eigenvalue weighted by atomic mass is 16.6. The lowest BCUT2D eigenvalue weighted by molar-refractivity contribution is -0.134. The summed E-state index contributed by atoms with van der Waals surface area (Å²) in [6.45, 7) is 7.52. The van der Waals surface area contributed by atoms with Gasteiger partial charge >= 0.3 is 6.09 Å². The van der Waals surface area contributed by atoms with E-state index < -0.39 is 17.6 Å². The van der Waals surface area contributed by atoms with E-state index in [1.807, 2.05) is 74.5 Å². The van der Waals surface area contributed by atoms with Crippen LogP contribution in [0.1, 0.15) is 51.3 Å². The van der Waals surface area contributed by atoms with Crippen molar-refractivity contribution in [1.29, 1.82) is 0 Å². The molecule has 0 saturated carbocycles. The summed E-state index contributed by atoms with van der Waals surface area (Å²) in [6.07, 6.45) is -0.309. The highest BCUT2D eigenvalue weighted by Gasteiger charge is 2.39. The van der Waals surface area contributed by atoms with E-state index in [0.29, 0.717) is 6.42 Å². The van der Waals surface area contributed by atoms with Gasteiger partial charge in [-0.15, -0.1) is 0 Å². The van der Waals surface area contributed by atoms with Crippen molar-refractivity contribution in [3.05, 3.63) is 71.8 Å². The monoisotopic (exact) mass is 382 g/mol. The largest absolute Gasteiger partial charge is 0.443 e. The first-order valence-electron chi connectivity index (χ1n) is 9.59. The number of nitrogens with two attached hydrogens (primary N) is 1. The Labute approximate surface area is 167 Å². The van der Waals surface area contributed by atoms with Crippen LogP contribution >= 0.6 is 0 Å². The SMILES string of the molecule is CC(C)CC(C(=O)NC(c1ccccc1)c1ccccc1)C(C)(C)OC(N)=O. The van der Waals surface area contributed by atoms with Crippen molar-refractivity contribution in [3.63, 3.8) is 0 Å². The zero-order chi connectivity index (χ0) is 20.7. The van der Waals surface area contributed by atoms with E-state index in [-0.39, 0.29) is 17.9 Å². The van der Waals surface area contributed by atoms with Gasteiger partial charge in [0.15, 0.2) is 0 Å². The highest BCUT2D eigenvalue weighted by molar-refractivity contribution is 5.81. The first-order valence-corrected chi connectivity index (χ1v) is 9.59. The Morgan fingerprint density at radius 3 is 1.82 bits per heavy atom. The molecule has 0 heterocycles. The lowest BCUT2D eigenvalue weighted by atomic mass is 9.82. The molecule has 3 N–H and O–H groups in total. The van der Waals surface area contributed by atoms with Gasteiger partial charge in [0, 0.05) is 0 Å². The zero-order valence-corrected chi connectivity index (χ0v) is 17.0. The third kappa shape index (κ3) is 5.84. The topological polar surface area (TPSA) is 81.4 Å². The molecule has 0 spiro atoms. The molecule has 2 amide bonds. The quantitative estimate of drug-likeness (QED) is 0.709. The Morgan fingerprint density at radius 1 is 0.964 bits per heavy atom. The number of carbonyl (C=O) groups is 2. The Bertz CT molecular complexity index is 733. The minimum atomic E-state index is -1.02. The van der Waals surface area contributed by atoms with Crippen molar-refractivity contribution in [2.75, 3.05) is 0 Å². The van der Waals surface area contributed by atoms with Gasteiger partial charge in [-0.3, -0.25) is 4.79 Å². The second kappa shape index (κ2) is 9.40. The molecule has 0 fully saturated rings. The van der Waals surface area contributed by atoms with Gasteiger partial charge < -0.3 is 15.8 Å². The van der Waals surface area contributed by atoms with Gasteiger partial charge in [-0.05, 0) is 37.3 Å². The summed E-state index contributed by atoms with van der Waals surface area (Å²) in [7, 11) is 0. The van der Waals surface area contributed by atoms with E-state index in [2.05, 4.69) is 5.32 Å². The molecular formula is C23H30N2O3. The molecule has 0 aliphatic carbocycles. The van der Waals surface area contributed by atoms with Gasteiger partial charge in [0.25, 0.3) is 0 Å². The molecule has 0 radical (unpaired) electrons. The van der Waals surface area contributed by atoms with Gasteiger partial charge in [-0.2, -0.15) is 0 Å². The summed E-state index contributed by atoms with van der Waals surface area (Å²) < 4.78 is 5.29. The van der Waals surface area contributed by atoms with E-state index in [9.17, 15) is 9.59 Å². The Balaban J connectivity index is 2.35. The maximum absolute atomic E-state index is 13.3. The van der Waals surface area contributed by atoms with Gasteiger partial charge in [-0.1, -0.05) is 74.5 Å². The predicted molar refractivity (Wildman–Crippen MR) is 111 cm³/mol. The smallest absolute Gasteiger partial charge is 0.405 e. The summed E-state index contributed by atoms with van der Waals surface area (Å²) in [4.78, 5) is 24.7. The van der Waals surface area contributed by atoms with Crippen LogP contribution in [0.5, 0.6) is 0 Å². The van der Waals surface area contributed by atoms with Gasteiger partial charge in [-0.25, -0.2) is 4.79 Å². The lowest BCUT2D eigenvalue weighted by Crippen LogP contribution is -2.48. The summed E-state index contributed by atoms with van der Waals surface area (Å²) >= 11 is 0. The molecule has 0 aliphatic rings. The zero-order valence-electron chi connectivity index (χ0n) is 17.0. The number of rotatable bonds is 8. The van der Waals surface area contributed by atoms with Crippen LogP contribution in [0, 0.1) is 11.8 Å². The standard InChI is InChI=1S/C23H30N2O3/c1-16(2)15-19(23(3,4)28-22(24)27)21(26)25-20(17-11-7-5-8-12-17)18-13-9-6-10-14-18/h5-14,16,19-20H,15H2,1-4H3,(H2,24,27)(H,25,26). The number of hydrogen-bond acceptors (Lipinski definition) is 3. The molecule has 0 aliphatic heterocycles. The van der Waals surface area contributed by atoms with Crippen LogP contribution in [0.15, 0.2) is 60.7 Å². The first kappa shape index (κ1) is 21.5. The minimum Gasteiger partial charge on any atom is -0.443 e. The second-order valence-corrected chi connectivity index (χ2v) is 7.97. The maximum Gasteiger partial charge on any atom is 0.405 e. The summed E-state index contributed by atoms with van der Waals surface area (Å²) in [5.41, 5.74) is 6.19.